The molecule has 0 radical (unpaired) electrons. The maximum absolute atomic E-state index is 12.3. The molecule has 0 aliphatic heterocycles. The summed E-state index contributed by atoms with van der Waals surface area (Å²) in [7, 11) is 1.54. The average molecular weight is 612 g/mol. The van der Waals surface area contributed by atoms with Crippen molar-refractivity contribution >= 4 is 69.5 Å². The van der Waals surface area contributed by atoms with Crippen LogP contribution in [0.5, 0.6) is 11.5 Å². The van der Waals surface area contributed by atoms with Crippen molar-refractivity contribution in [2.45, 2.75) is 13.5 Å². The number of anilines is 1. The lowest BCUT2D eigenvalue weighted by Gasteiger charge is -2.14. The first-order chi connectivity index (χ1) is 16.3. The van der Waals surface area contributed by atoms with Crippen LogP contribution in [0.25, 0.3) is 0 Å². The molecule has 34 heavy (non-hydrogen) atoms. The topological polar surface area (TPSA) is 89.0 Å². The second-order valence-corrected chi connectivity index (χ2v) is 9.02. The van der Waals surface area contributed by atoms with E-state index >= 15 is 0 Å². The summed E-state index contributed by atoms with van der Waals surface area (Å²) in [5.74, 6) is 0.511. The van der Waals surface area contributed by atoms with Gasteiger partial charge in [-0.05, 0) is 76.7 Å². The highest BCUT2D eigenvalue weighted by molar-refractivity contribution is 14.1. The zero-order valence-corrected chi connectivity index (χ0v) is 21.9. The molecule has 0 atom stereocenters. The van der Waals surface area contributed by atoms with Gasteiger partial charge in [0.15, 0.2) is 11.5 Å². The number of methoxy groups -OCH3 is 1. The Kier molecular flexibility index (Phi) is 9.14. The second kappa shape index (κ2) is 12.0. The van der Waals surface area contributed by atoms with Crippen molar-refractivity contribution in [3.63, 3.8) is 0 Å². The fourth-order valence-electron chi connectivity index (χ4n) is 2.88. The molecule has 3 rings (SSSR count). The standard InChI is InChI=1S/C24H20Cl2IN3O4/c1-14(31)29-19-7-4-16(5-8-19)24(32)30-28-12-15-9-21(27)23(22(10-15)33-2)34-13-17-3-6-18(25)11-20(17)26/h3-12H,13H2,1-2H3,(H,29,31)(H,30,32)/b28-12-. The molecule has 10 heteroatoms. The summed E-state index contributed by atoms with van der Waals surface area (Å²) < 4.78 is 12.2. The highest BCUT2D eigenvalue weighted by atomic mass is 127. The highest BCUT2D eigenvalue weighted by Gasteiger charge is 2.13. The summed E-state index contributed by atoms with van der Waals surface area (Å²) in [6.45, 7) is 1.66. The molecule has 0 unspecified atom stereocenters. The van der Waals surface area contributed by atoms with Gasteiger partial charge in [-0.3, -0.25) is 9.59 Å². The lowest BCUT2D eigenvalue weighted by Crippen LogP contribution is -2.17. The summed E-state index contributed by atoms with van der Waals surface area (Å²) in [5.41, 5.74) is 4.99. The van der Waals surface area contributed by atoms with Gasteiger partial charge >= 0.3 is 0 Å². The molecule has 176 valence electrons. The molecular weight excluding hydrogens is 592 g/mol. The van der Waals surface area contributed by atoms with Gasteiger partial charge in [0.1, 0.15) is 6.61 Å². The lowest BCUT2D eigenvalue weighted by atomic mass is 10.2. The Morgan fingerprint density at radius 3 is 2.47 bits per heavy atom. The zero-order chi connectivity index (χ0) is 24.7. The molecule has 2 amide bonds. The number of amides is 2. The average Bonchev–Trinajstić information content (AvgIpc) is 2.79. The van der Waals surface area contributed by atoms with Crippen molar-refractivity contribution in [2.24, 2.45) is 5.10 Å². The molecule has 0 saturated heterocycles. The van der Waals surface area contributed by atoms with Crippen LogP contribution in [0.4, 0.5) is 5.69 Å². The van der Waals surface area contributed by atoms with E-state index in [-0.39, 0.29) is 18.4 Å². The number of ether oxygens (including phenoxy) is 2. The number of hydrogen-bond donors (Lipinski definition) is 2. The van der Waals surface area contributed by atoms with Gasteiger partial charge in [-0.1, -0.05) is 29.3 Å². The van der Waals surface area contributed by atoms with Gasteiger partial charge < -0.3 is 14.8 Å². The van der Waals surface area contributed by atoms with E-state index in [0.717, 1.165) is 9.13 Å². The van der Waals surface area contributed by atoms with Crippen LogP contribution >= 0.6 is 45.8 Å². The number of hydrogen-bond acceptors (Lipinski definition) is 5. The maximum Gasteiger partial charge on any atom is 0.271 e. The molecule has 3 aromatic carbocycles. The molecule has 0 aromatic heterocycles. The van der Waals surface area contributed by atoms with Gasteiger partial charge in [-0.2, -0.15) is 5.10 Å². The molecule has 0 spiro atoms. The smallest absolute Gasteiger partial charge is 0.271 e. The number of halogens is 3. The number of nitrogens with zero attached hydrogens (tertiary/aromatic N) is 1. The van der Waals surface area contributed by atoms with Gasteiger partial charge in [0, 0.05) is 33.8 Å². The second-order valence-electron chi connectivity index (χ2n) is 7.02. The fraction of sp³-hybridized carbons (Fsp3) is 0.125. The van der Waals surface area contributed by atoms with Crippen molar-refractivity contribution in [2.75, 3.05) is 12.4 Å². The lowest BCUT2D eigenvalue weighted by molar-refractivity contribution is -0.114. The number of nitrogens with one attached hydrogen (secondary N) is 2. The van der Waals surface area contributed by atoms with Crippen molar-refractivity contribution < 1.29 is 19.1 Å². The molecule has 0 fully saturated rings. The quantitative estimate of drug-likeness (QED) is 0.188. The number of hydrazone groups is 1. The third-order valence-electron chi connectivity index (χ3n) is 4.49. The molecule has 0 heterocycles. The molecule has 2 N–H and O–H groups in total. The fourth-order valence-corrected chi connectivity index (χ4v) is 4.13. The summed E-state index contributed by atoms with van der Waals surface area (Å²) >= 11 is 14.3. The third kappa shape index (κ3) is 7.09. The molecule has 0 saturated carbocycles. The first-order valence-corrected chi connectivity index (χ1v) is 11.8. The molecule has 3 aromatic rings. The Bertz CT molecular complexity index is 1230. The minimum absolute atomic E-state index is 0.183. The third-order valence-corrected chi connectivity index (χ3v) is 5.87. The molecule has 0 bridgehead atoms. The van der Waals surface area contributed by atoms with E-state index in [1.165, 1.54) is 13.1 Å². The molecular formula is C24H20Cl2IN3O4. The largest absolute Gasteiger partial charge is 0.493 e. The van der Waals surface area contributed by atoms with Gasteiger partial charge in [0.2, 0.25) is 5.91 Å². The van der Waals surface area contributed by atoms with Crippen LogP contribution in [0.15, 0.2) is 59.7 Å². The Labute approximate surface area is 220 Å². The van der Waals surface area contributed by atoms with E-state index in [1.54, 1.807) is 55.6 Å². The van der Waals surface area contributed by atoms with Crippen molar-refractivity contribution in [1.29, 1.82) is 0 Å². The van der Waals surface area contributed by atoms with Crippen LogP contribution in [-0.2, 0) is 11.4 Å². The van der Waals surface area contributed by atoms with E-state index in [0.29, 0.717) is 38.4 Å². The number of rotatable bonds is 8. The zero-order valence-electron chi connectivity index (χ0n) is 18.2. The normalized spacial score (nSPS) is 10.7. The summed E-state index contributed by atoms with van der Waals surface area (Å²) in [6.07, 6.45) is 1.51. The first-order valence-electron chi connectivity index (χ1n) is 9.92. The number of carbonyl (C=O) groups is 2. The van der Waals surface area contributed by atoms with Crippen LogP contribution in [0.3, 0.4) is 0 Å². The van der Waals surface area contributed by atoms with Gasteiger partial charge in [-0.25, -0.2) is 5.43 Å². The highest BCUT2D eigenvalue weighted by Crippen LogP contribution is 2.35. The SMILES string of the molecule is COc1cc(/C=N\NC(=O)c2ccc(NC(C)=O)cc2)cc(I)c1OCc1ccc(Cl)cc1Cl. The van der Waals surface area contributed by atoms with Crippen LogP contribution in [0, 0.1) is 3.57 Å². The Balaban J connectivity index is 1.66. The van der Waals surface area contributed by atoms with E-state index in [2.05, 4.69) is 38.4 Å². The van der Waals surface area contributed by atoms with Gasteiger partial charge in [0.25, 0.3) is 5.91 Å². The minimum atomic E-state index is -0.382. The van der Waals surface area contributed by atoms with E-state index in [9.17, 15) is 9.59 Å². The Hall–Kier alpha value is -2.82. The molecule has 0 aliphatic rings. The molecule has 0 aliphatic carbocycles. The van der Waals surface area contributed by atoms with Crippen LogP contribution in [-0.4, -0.2) is 25.1 Å². The van der Waals surface area contributed by atoms with Gasteiger partial charge in [-0.15, -0.1) is 0 Å². The number of carbonyl (C=O) groups excluding carboxylic acids is 2. The Morgan fingerprint density at radius 2 is 1.82 bits per heavy atom. The summed E-state index contributed by atoms with van der Waals surface area (Å²) in [4.78, 5) is 23.4. The van der Waals surface area contributed by atoms with E-state index in [1.807, 2.05) is 6.07 Å². The Morgan fingerprint density at radius 1 is 1.09 bits per heavy atom. The predicted molar refractivity (Wildman–Crippen MR) is 142 cm³/mol. The van der Waals surface area contributed by atoms with Crippen LogP contribution in [0.1, 0.15) is 28.4 Å². The monoisotopic (exact) mass is 611 g/mol. The molecule has 7 nitrogen and oxygen atoms in total. The predicted octanol–water partition coefficient (Wildman–Crippen LogP) is 5.91. The van der Waals surface area contributed by atoms with Crippen molar-refractivity contribution in [1.82, 2.24) is 5.43 Å². The first kappa shape index (κ1) is 25.8. The maximum atomic E-state index is 12.3. The van der Waals surface area contributed by atoms with Crippen LogP contribution in [0.2, 0.25) is 10.0 Å². The minimum Gasteiger partial charge on any atom is -0.493 e. The number of benzene rings is 3. The van der Waals surface area contributed by atoms with Gasteiger partial charge in [0.05, 0.1) is 16.9 Å². The van der Waals surface area contributed by atoms with Crippen LogP contribution < -0.4 is 20.2 Å². The van der Waals surface area contributed by atoms with E-state index < -0.39 is 0 Å². The van der Waals surface area contributed by atoms with Crippen molar-refractivity contribution in [3.05, 3.63) is 84.9 Å². The summed E-state index contributed by atoms with van der Waals surface area (Å²) in [5, 5.41) is 7.74. The van der Waals surface area contributed by atoms with Crippen molar-refractivity contribution in [3.8, 4) is 11.5 Å². The summed E-state index contributed by atoms with van der Waals surface area (Å²) in [6, 6.07) is 15.3. The van der Waals surface area contributed by atoms with E-state index in [4.69, 9.17) is 32.7 Å².